The molecule has 5 nitrogen and oxygen atoms in total. The molecule has 2 aromatic rings. The largest absolute Gasteiger partial charge is 0.392 e. The molecule has 19 heavy (non-hydrogen) atoms. The molecule has 0 spiro atoms. The van der Waals surface area contributed by atoms with Crippen molar-refractivity contribution in [1.82, 2.24) is 9.78 Å². The lowest BCUT2D eigenvalue weighted by Crippen LogP contribution is -2.17. The highest BCUT2D eigenvalue weighted by atomic mass is 16.3. The van der Waals surface area contributed by atoms with Crippen LogP contribution < -0.4 is 5.32 Å². The van der Waals surface area contributed by atoms with Gasteiger partial charge in [0.05, 0.1) is 12.3 Å². The van der Waals surface area contributed by atoms with E-state index in [4.69, 9.17) is 5.11 Å². The molecule has 2 rings (SSSR count). The number of aryl methyl sites for hydroxylation is 2. The van der Waals surface area contributed by atoms with Gasteiger partial charge in [0, 0.05) is 12.2 Å². The van der Waals surface area contributed by atoms with Crippen LogP contribution >= 0.6 is 0 Å². The Labute approximate surface area is 111 Å². The minimum Gasteiger partial charge on any atom is -0.392 e. The monoisotopic (exact) mass is 259 g/mol. The quantitative estimate of drug-likeness (QED) is 0.882. The summed E-state index contributed by atoms with van der Waals surface area (Å²) in [5.41, 5.74) is 2.78. The zero-order chi connectivity index (χ0) is 13.8. The van der Waals surface area contributed by atoms with Gasteiger partial charge in [0.2, 0.25) is 0 Å². The predicted molar refractivity (Wildman–Crippen MR) is 73.0 cm³/mol. The summed E-state index contributed by atoms with van der Waals surface area (Å²) in [5, 5.41) is 16.1. The third kappa shape index (κ3) is 3.00. The van der Waals surface area contributed by atoms with Crippen molar-refractivity contribution in [3.05, 3.63) is 47.3 Å². The Bertz CT molecular complexity index is 590. The Morgan fingerprint density at radius 3 is 2.89 bits per heavy atom. The van der Waals surface area contributed by atoms with Gasteiger partial charge < -0.3 is 10.4 Å². The standard InChI is InChI=1S/C14H17N3O2/c1-3-17-13(7-10(2)16-17)14(19)15-12-6-4-5-11(8-12)9-18/h4-8,18H,3,9H2,1-2H3,(H,15,19). The Kier molecular flexibility index (Phi) is 3.97. The van der Waals surface area contributed by atoms with Gasteiger partial charge in [-0.2, -0.15) is 5.10 Å². The van der Waals surface area contributed by atoms with Crippen molar-refractivity contribution in [2.24, 2.45) is 0 Å². The zero-order valence-corrected chi connectivity index (χ0v) is 11.1. The molecule has 0 radical (unpaired) electrons. The first-order valence-electron chi connectivity index (χ1n) is 6.19. The van der Waals surface area contributed by atoms with Gasteiger partial charge in [-0.15, -0.1) is 0 Å². The minimum atomic E-state index is -0.197. The van der Waals surface area contributed by atoms with Crippen molar-refractivity contribution in [1.29, 1.82) is 0 Å². The smallest absolute Gasteiger partial charge is 0.273 e. The van der Waals surface area contributed by atoms with Crippen LogP contribution in [0.5, 0.6) is 0 Å². The molecule has 0 saturated heterocycles. The summed E-state index contributed by atoms with van der Waals surface area (Å²) < 4.78 is 1.67. The number of carbonyl (C=O) groups excluding carboxylic acids is 1. The lowest BCUT2D eigenvalue weighted by atomic mass is 10.2. The summed E-state index contributed by atoms with van der Waals surface area (Å²) in [6.07, 6.45) is 0. The van der Waals surface area contributed by atoms with Crippen molar-refractivity contribution >= 4 is 11.6 Å². The first-order chi connectivity index (χ1) is 9.13. The number of aliphatic hydroxyl groups excluding tert-OH is 1. The Hall–Kier alpha value is -2.14. The topological polar surface area (TPSA) is 67.2 Å². The fourth-order valence-corrected chi connectivity index (χ4v) is 1.91. The maximum atomic E-state index is 12.2. The average molecular weight is 259 g/mol. The molecule has 0 atom stereocenters. The lowest BCUT2D eigenvalue weighted by Gasteiger charge is -2.07. The molecule has 0 aliphatic rings. The molecule has 1 aromatic carbocycles. The van der Waals surface area contributed by atoms with Gasteiger partial charge >= 0.3 is 0 Å². The summed E-state index contributed by atoms with van der Waals surface area (Å²) in [6.45, 7) is 4.40. The minimum absolute atomic E-state index is 0.0459. The number of amides is 1. The van der Waals surface area contributed by atoms with Crippen LogP contribution in [0.3, 0.4) is 0 Å². The van der Waals surface area contributed by atoms with E-state index in [0.29, 0.717) is 17.9 Å². The van der Waals surface area contributed by atoms with Crippen molar-refractivity contribution < 1.29 is 9.90 Å². The Morgan fingerprint density at radius 2 is 2.21 bits per heavy atom. The third-order valence-electron chi connectivity index (χ3n) is 2.80. The maximum absolute atomic E-state index is 12.2. The molecular formula is C14H17N3O2. The van der Waals surface area contributed by atoms with Gasteiger partial charge in [-0.3, -0.25) is 9.48 Å². The van der Waals surface area contributed by atoms with E-state index in [1.165, 1.54) is 0 Å². The second-order valence-electron chi connectivity index (χ2n) is 4.30. The molecule has 5 heteroatoms. The number of hydrogen-bond acceptors (Lipinski definition) is 3. The highest BCUT2D eigenvalue weighted by molar-refractivity contribution is 6.03. The molecule has 1 heterocycles. The normalized spacial score (nSPS) is 10.5. The second-order valence-corrected chi connectivity index (χ2v) is 4.30. The van der Waals surface area contributed by atoms with E-state index in [9.17, 15) is 4.79 Å². The van der Waals surface area contributed by atoms with Gasteiger partial charge in [-0.05, 0) is 37.6 Å². The van der Waals surface area contributed by atoms with Gasteiger partial charge in [0.15, 0.2) is 0 Å². The summed E-state index contributed by atoms with van der Waals surface area (Å²) in [7, 11) is 0. The predicted octanol–water partition coefficient (Wildman–Crippen LogP) is 1.96. The van der Waals surface area contributed by atoms with Crippen LogP contribution in [0, 0.1) is 6.92 Å². The lowest BCUT2D eigenvalue weighted by molar-refractivity contribution is 0.101. The maximum Gasteiger partial charge on any atom is 0.273 e. The number of hydrogen-bond donors (Lipinski definition) is 2. The third-order valence-corrected chi connectivity index (χ3v) is 2.80. The summed E-state index contributed by atoms with van der Waals surface area (Å²) in [5.74, 6) is -0.197. The number of carbonyl (C=O) groups is 1. The van der Waals surface area contributed by atoms with Crippen LogP contribution in [-0.4, -0.2) is 20.8 Å². The summed E-state index contributed by atoms with van der Waals surface area (Å²) in [4.78, 5) is 12.2. The SMILES string of the molecule is CCn1nc(C)cc1C(=O)Nc1cccc(CO)c1. The number of nitrogens with one attached hydrogen (secondary N) is 1. The van der Waals surface area contributed by atoms with Gasteiger partial charge in [-0.1, -0.05) is 12.1 Å². The first kappa shape index (κ1) is 13.3. The fraction of sp³-hybridized carbons (Fsp3) is 0.286. The number of benzene rings is 1. The van der Waals surface area contributed by atoms with E-state index < -0.39 is 0 Å². The fourth-order valence-electron chi connectivity index (χ4n) is 1.91. The number of nitrogens with zero attached hydrogens (tertiary/aromatic N) is 2. The molecule has 0 bridgehead atoms. The molecular weight excluding hydrogens is 242 g/mol. The molecule has 0 saturated carbocycles. The number of anilines is 1. The zero-order valence-electron chi connectivity index (χ0n) is 11.1. The van der Waals surface area contributed by atoms with Gasteiger partial charge in [0.1, 0.15) is 5.69 Å². The van der Waals surface area contributed by atoms with Crippen LogP contribution in [0.15, 0.2) is 30.3 Å². The summed E-state index contributed by atoms with van der Waals surface area (Å²) >= 11 is 0. The van der Waals surface area contributed by atoms with E-state index in [1.807, 2.05) is 13.8 Å². The number of aliphatic hydroxyl groups is 1. The average Bonchev–Trinajstić information content (AvgIpc) is 2.80. The van der Waals surface area contributed by atoms with E-state index in [2.05, 4.69) is 10.4 Å². The molecule has 0 aliphatic heterocycles. The van der Waals surface area contributed by atoms with E-state index in [-0.39, 0.29) is 12.5 Å². The van der Waals surface area contributed by atoms with Crippen LogP contribution in [0.1, 0.15) is 28.7 Å². The van der Waals surface area contributed by atoms with Gasteiger partial charge in [-0.25, -0.2) is 0 Å². The molecule has 0 aliphatic carbocycles. The molecule has 1 aromatic heterocycles. The van der Waals surface area contributed by atoms with E-state index >= 15 is 0 Å². The molecule has 100 valence electrons. The molecule has 0 fully saturated rings. The van der Waals surface area contributed by atoms with Crippen LogP contribution in [0.2, 0.25) is 0 Å². The second kappa shape index (κ2) is 5.67. The number of rotatable bonds is 4. The molecule has 1 amide bonds. The number of aromatic nitrogens is 2. The van der Waals surface area contributed by atoms with Crippen molar-refractivity contribution in [3.63, 3.8) is 0 Å². The van der Waals surface area contributed by atoms with Crippen LogP contribution in [0.25, 0.3) is 0 Å². The molecule has 2 N–H and O–H groups in total. The van der Waals surface area contributed by atoms with E-state index in [0.717, 1.165) is 11.3 Å². The first-order valence-corrected chi connectivity index (χ1v) is 6.19. The Balaban J connectivity index is 2.20. The van der Waals surface area contributed by atoms with Crippen LogP contribution in [-0.2, 0) is 13.2 Å². The highest BCUT2D eigenvalue weighted by Crippen LogP contribution is 2.13. The highest BCUT2D eigenvalue weighted by Gasteiger charge is 2.13. The molecule has 0 unspecified atom stereocenters. The summed E-state index contributed by atoms with van der Waals surface area (Å²) in [6, 6.07) is 8.89. The van der Waals surface area contributed by atoms with Crippen molar-refractivity contribution in [3.8, 4) is 0 Å². The van der Waals surface area contributed by atoms with Crippen molar-refractivity contribution in [2.45, 2.75) is 27.0 Å². The van der Waals surface area contributed by atoms with Gasteiger partial charge in [0.25, 0.3) is 5.91 Å². The van der Waals surface area contributed by atoms with E-state index in [1.54, 1.807) is 35.0 Å². The van der Waals surface area contributed by atoms with Crippen LogP contribution in [0.4, 0.5) is 5.69 Å². The Morgan fingerprint density at radius 1 is 1.42 bits per heavy atom. The van der Waals surface area contributed by atoms with Crippen molar-refractivity contribution in [2.75, 3.05) is 5.32 Å².